The van der Waals surface area contributed by atoms with Crippen LogP contribution in [0.3, 0.4) is 0 Å². The number of anilines is 3. The number of fused-ring (bicyclic) bond motifs is 24. The van der Waals surface area contributed by atoms with Gasteiger partial charge in [-0.3, -0.25) is 0 Å². The zero-order valence-electron chi connectivity index (χ0n) is 41.3. The van der Waals surface area contributed by atoms with Gasteiger partial charge in [0.15, 0.2) is 0 Å². The van der Waals surface area contributed by atoms with Crippen LogP contribution in [0.4, 0.5) is 17.1 Å². The fourth-order valence-electron chi connectivity index (χ4n) is 20.5. The summed E-state index contributed by atoms with van der Waals surface area (Å²) in [5.74, 6) is 5.56. The van der Waals surface area contributed by atoms with Gasteiger partial charge in [0, 0.05) is 64.5 Å². The maximum Gasteiger partial charge on any atom is 0.333 e. The lowest BCUT2D eigenvalue weighted by Gasteiger charge is -2.50. The van der Waals surface area contributed by atoms with Crippen LogP contribution in [0, 0.1) is 35.5 Å². The van der Waals surface area contributed by atoms with Crippen molar-refractivity contribution in [3.8, 4) is 22.3 Å². The highest BCUT2D eigenvalue weighted by Gasteiger charge is 2.57. The van der Waals surface area contributed by atoms with Crippen LogP contribution in [0.25, 0.3) is 64.2 Å². The number of thiophene rings is 1. The third-order valence-electron chi connectivity index (χ3n) is 22.9. The Kier molecular flexibility index (Phi) is 6.94. The van der Waals surface area contributed by atoms with E-state index in [9.17, 15) is 0 Å². The molecule has 73 heavy (non-hydrogen) atoms. The minimum Gasteiger partial charge on any atom is -0.375 e. The average molecular weight is 955 g/mol. The molecule has 6 saturated carbocycles. The van der Waals surface area contributed by atoms with Crippen LogP contribution in [0.5, 0.6) is 0 Å². The molecule has 3 aliphatic heterocycles. The monoisotopic (exact) mass is 954 g/mol. The van der Waals surface area contributed by atoms with E-state index in [0.29, 0.717) is 5.41 Å². The van der Waals surface area contributed by atoms with Gasteiger partial charge in [-0.25, -0.2) is 0 Å². The molecule has 6 fully saturated rings. The summed E-state index contributed by atoms with van der Waals surface area (Å²) in [5, 5.41) is 5.84. The van der Waals surface area contributed by atoms with Gasteiger partial charge >= 0.3 is 6.85 Å². The van der Waals surface area contributed by atoms with E-state index in [-0.39, 0.29) is 12.3 Å². The summed E-state index contributed by atoms with van der Waals surface area (Å²) in [7, 11) is 0. The number of nitrogens with zero attached hydrogens (tertiary/aromatic N) is 2. The van der Waals surface area contributed by atoms with Crippen LogP contribution in [0.1, 0.15) is 110 Å². The van der Waals surface area contributed by atoms with E-state index < -0.39 is 5.41 Å². The SMILES string of the molecule is c1ccc2c(c1)-c1ccccc1C21c2ccccc2N2c3cc4c(sc5ccccc54)c4c3B(c3cccc1c32)n1c2ccc(C35CCC6CC(CC6C3)C5)cc2c2cc(C35CCC6CC(CC6C3)C5)cc-4c21. The maximum absolute atomic E-state index is 2.92. The van der Waals surface area contributed by atoms with Crippen LogP contribution < -0.4 is 15.8 Å². The summed E-state index contributed by atoms with van der Waals surface area (Å²) in [6, 6.07) is 61.5. The fraction of sp³-hybridized carbons (Fsp3) is 0.304. The summed E-state index contributed by atoms with van der Waals surface area (Å²) in [6.45, 7) is 0.00229. The van der Waals surface area contributed by atoms with Crippen molar-refractivity contribution in [2.75, 3.05) is 4.90 Å². The van der Waals surface area contributed by atoms with E-state index in [0.717, 1.165) is 35.5 Å². The molecule has 6 bridgehead atoms. The van der Waals surface area contributed by atoms with Gasteiger partial charge in [0.25, 0.3) is 0 Å². The predicted octanol–water partition coefficient (Wildman–Crippen LogP) is 16.2. The van der Waals surface area contributed by atoms with Crippen molar-refractivity contribution in [1.82, 2.24) is 4.48 Å². The summed E-state index contributed by atoms with van der Waals surface area (Å²) >= 11 is 2.05. The number of aromatic nitrogens is 1. The number of hydrogen-bond donors (Lipinski definition) is 0. The third kappa shape index (κ3) is 4.44. The Bertz CT molecular complexity index is 4180. The summed E-state index contributed by atoms with van der Waals surface area (Å²) in [6.07, 6.45) is 17.1. The largest absolute Gasteiger partial charge is 0.375 e. The molecule has 20 rings (SSSR count). The molecule has 7 aliphatic carbocycles. The van der Waals surface area contributed by atoms with E-state index >= 15 is 0 Å². The Hall–Kier alpha value is -6.36. The molecule has 0 amide bonds. The number of rotatable bonds is 2. The second-order valence-corrected chi connectivity index (χ2v) is 26.7. The molecule has 0 saturated heterocycles. The quantitative estimate of drug-likeness (QED) is 0.157. The molecule has 0 N–H and O–H groups in total. The first-order valence-corrected chi connectivity index (χ1v) is 29.2. The number of benzene rings is 8. The van der Waals surface area contributed by atoms with Gasteiger partial charge in [0.1, 0.15) is 0 Å². The van der Waals surface area contributed by atoms with Crippen LogP contribution in [0.2, 0.25) is 0 Å². The molecule has 350 valence electrons. The molecule has 5 heterocycles. The van der Waals surface area contributed by atoms with E-state index in [1.807, 2.05) is 0 Å². The normalized spacial score (nSPS) is 29.2. The van der Waals surface area contributed by atoms with Crippen LogP contribution >= 0.6 is 11.3 Å². The Morgan fingerprint density at radius 3 is 1.93 bits per heavy atom. The summed E-state index contributed by atoms with van der Waals surface area (Å²) in [5.41, 5.74) is 24.6. The van der Waals surface area contributed by atoms with E-state index in [1.54, 1.807) is 11.1 Å². The van der Waals surface area contributed by atoms with Gasteiger partial charge in [-0.15, -0.1) is 11.3 Å². The summed E-state index contributed by atoms with van der Waals surface area (Å²) < 4.78 is 5.79. The lowest BCUT2D eigenvalue weighted by atomic mass is 9.43. The molecule has 4 heteroatoms. The van der Waals surface area contributed by atoms with Gasteiger partial charge < -0.3 is 9.38 Å². The van der Waals surface area contributed by atoms with Crippen LogP contribution in [-0.4, -0.2) is 11.3 Å². The Balaban J connectivity index is 0.946. The van der Waals surface area contributed by atoms with Crippen molar-refractivity contribution >= 4 is 88.2 Å². The second-order valence-electron chi connectivity index (χ2n) is 25.7. The lowest BCUT2D eigenvalue weighted by Crippen LogP contribution is -2.58. The highest BCUT2D eigenvalue weighted by Crippen LogP contribution is 2.67. The van der Waals surface area contributed by atoms with Crippen molar-refractivity contribution in [2.24, 2.45) is 35.5 Å². The highest BCUT2D eigenvalue weighted by molar-refractivity contribution is 7.26. The van der Waals surface area contributed by atoms with E-state index in [2.05, 4.69) is 172 Å². The number of hydrogen-bond acceptors (Lipinski definition) is 2. The van der Waals surface area contributed by atoms with Crippen molar-refractivity contribution in [3.63, 3.8) is 0 Å². The molecule has 8 unspecified atom stereocenters. The first-order chi connectivity index (χ1) is 36.1. The molecule has 8 aromatic carbocycles. The van der Waals surface area contributed by atoms with Gasteiger partial charge in [-0.05, 0) is 221 Å². The lowest BCUT2D eigenvalue weighted by molar-refractivity contribution is 0.139. The smallest absolute Gasteiger partial charge is 0.333 e. The van der Waals surface area contributed by atoms with E-state index in [1.165, 1.54) is 192 Å². The topological polar surface area (TPSA) is 8.17 Å². The zero-order chi connectivity index (χ0) is 46.8. The molecule has 10 aliphatic rings. The fourth-order valence-corrected chi connectivity index (χ4v) is 21.8. The van der Waals surface area contributed by atoms with Crippen molar-refractivity contribution < 1.29 is 0 Å². The number of para-hydroxylation sites is 2. The van der Waals surface area contributed by atoms with Gasteiger partial charge in [0.05, 0.1) is 11.1 Å². The first-order valence-electron chi connectivity index (χ1n) is 28.4. The molecular weight excluding hydrogens is 900 g/mol. The zero-order valence-corrected chi connectivity index (χ0v) is 42.1. The molecule has 0 radical (unpaired) electrons. The third-order valence-corrected chi connectivity index (χ3v) is 24.1. The molecule has 10 aromatic rings. The molecule has 1 spiro atoms. The minimum atomic E-state index is -0.467. The standard InChI is InChI=1S/C69H55BN2S/c1-4-13-53-46(10-1)47-11-2-5-14-54(47)69(53)55-15-6-7-18-59(55)71-60-33-51-48-12-3-8-19-61(48)73-66(51)62-52-32-45(68-25-23-41-27-39(35-68)29-43(41)37-68)31-50-49-30-44(67-24-22-40-26-38(34-67)28-42(40)36-67)20-21-58(49)72(64(50)52)70(63(60)62)57-17-9-16-56(69)65(57)71/h1-21,30-33,38-43H,22-29,34-37H2. The van der Waals surface area contributed by atoms with Gasteiger partial charge in [-0.2, -0.15) is 0 Å². The van der Waals surface area contributed by atoms with E-state index in [4.69, 9.17) is 0 Å². The summed E-state index contributed by atoms with van der Waals surface area (Å²) in [4.78, 5) is 2.78. The Morgan fingerprint density at radius 1 is 0.493 bits per heavy atom. The Morgan fingerprint density at radius 2 is 1.15 bits per heavy atom. The van der Waals surface area contributed by atoms with Crippen molar-refractivity contribution in [1.29, 1.82) is 0 Å². The van der Waals surface area contributed by atoms with Gasteiger partial charge in [0.2, 0.25) is 0 Å². The average Bonchev–Trinajstić information content (AvgIpc) is 4.27. The molecule has 8 atom stereocenters. The molecule has 2 nitrogen and oxygen atoms in total. The minimum absolute atomic E-state index is 0.00229. The molecular formula is C69H55BN2S. The van der Waals surface area contributed by atoms with Gasteiger partial charge in [-0.1, -0.05) is 109 Å². The van der Waals surface area contributed by atoms with Crippen LogP contribution in [-0.2, 0) is 16.2 Å². The first kappa shape index (κ1) is 39.2. The molecule has 2 aromatic heterocycles. The van der Waals surface area contributed by atoms with Crippen molar-refractivity contribution in [2.45, 2.75) is 93.3 Å². The van der Waals surface area contributed by atoms with Crippen LogP contribution in [0.15, 0.2) is 152 Å². The van der Waals surface area contributed by atoms with Crippen molar-refractivity contribution in [3.05, 3.63) is 185 Å². The highest BCUT2D eigenvalue weighted by atomic mass is 32.1. The predicted molar refractivity (Wildman–Crippen MR) is 303 cm³/mol. The Labute approximate surface area is 431 Å². The maximum atomic E-state index is 2.92. The second kappa shape index (κ2) is 12.9.